The van der Waals surface area contributed by atoms with E-state index in [1.54, 1.807) is 35.2 Å². The topological polar surface area (TPSA) is 184 Å². The van der Waals surface area contributed by atoms with E-state index in [9.17, 15) is 39.6 Å². The first-order chi connectivity index (χ1) is 29.8. The lowest BCUT2D eigenvalue weighted by atomic mass is 9.90. The van der Waals surface area contributed by atoms with Crippen LogP contribution in [-0.4, -0.2) is 92.2 Å². The molecular formula is C49H50N4O9. The summed E-state index contributed by atoms with van der Waals surface area (Å²) in [5.74, 6) is -1.84. The van der Waals surface area contributed by atoms with Crippen molar-refractivity contribution in [1.29, 1.82) is 0 Å². The largest absolute Gasteiger partial charge is 0.508 e. The third-order valence-corrected chi connectivity index (χ3v) is 12.0. The fourth-order valence-corrected chi connectivity index (χ4v) is 8.69. The molecule has 5 N–H and O–H groups in total. The summed E-state index contributed by atoms with van der Waals surface area (Å²) in [7, 11) is 0. The van der Waals surface area contributed by atoms with Crippen LogP contribution in [0.4, 0.5) is 0 Å². The Morgan fingerprint density at radius 1 is 0.742 bits per heavy atom. The number of benzene rings is 5. The number of phenols is 3. The predicted molar refractivity (Wildman–Crippen MR) is 235 cm³/mol. The molecule has 2 amide bonds. The Kier molecular flexibility index (Phi) is 12.0. The van der Waals surface area contributed by atoms with Gasteiger partial charge in [-0.25, -0.2) is 4.79 Å². The van der Waals surface area contributed by atoms with Crippen LogP contribution in [0.15, 0.2) is 94.1 Å². The normalized spacial score (nSPS) is 14.5. The first kappa shape index (κ1) is 42.0. The smallest absolute Gasteiger partial charge is 0.336 e. The number of carboxylic acids is 1. The number of carbonyl (C=O) groups excluding carboxylic acids is 2. The Labute approximate surface area is 358 Å². The number of amides is 2. The number of nitrogens with one attached hydrogen (secondary N) is 1. The van der Waals surface area contributed by atoms with Crippen molar-refractivity contribution < 1.29 is 39.2 Å². The Bertz CT molecular complexity index is 2720. The van der Waals surface area contributed by atoms with Gasteiger partial charge in [-0.15, -0.1) is 0 Å². The van der Waals surface area contributed by atoms with Crippen LogP contribution in [0.2, 0.25) is 0 Å². The molecule has 4 aromatic carbocycles. The summed E-state index contributed by atoms with van der Waals surface area (Å²) in [6, 6.07) is 22.7. The van der Waals surface area contributed by atoms with Gasteiger partial charge in [0.15, 0.2) is 5.43 Å². The summed E-state index contributed by atoms with van der Waals surface area (Å²) in [5.41, 5.74) is 5.81. The molecule has 0 bridgehead atoms. The zero-order valence-electron chi connectivity index (χ0n) is 34.8. The van der Waals surface area contributed by atoms with Crippen molar-refractivity contribution in [3.8, 4) is 39.7 Å². The van der Waals surface area contributed by atoms with E-state index in [1.807, 2.05) is 13.8 Å². The van der Waals surface area contributed by atoms with Crippen molar-refractivity contribution in [3.05, 3.63) is 134 Å². The van der Waals surface area contributed by atoms with Gasteiger partial charge < -0.3 is 40.0 Å². The number of unbranched alkanes of at least 4 members (excludes halogenated alkanes) is 2. The minimum atomic E-state index is -1.21. The van der Waals surface area contributed by atoms with Crippen molar-refractivity contribution >= 4 is 28.8 Å². The minimum absolute atomic E-state index is 0.00663. The van der Waals surface area contributed by atoms with Crippen LogP contribution in [0.1, 0.15) is 92.4 Å². The second-order valence-corrected chi connectivity index (χ2v) is 16.7. The Hall–Kier alpha value is -6.70. The highest BCUT2D eigenvalue weighted by atomic mass is 16.4. The van der Waals surface area contributed by atoms with Crippen LogP contribution in [0, 0.1) is 0 Å². The average molecular weight is 839 g/mol. The number of nitrogens with zero attached hydrogens (tertiary/aromatic N) is 3. The zero-order chi connectivity index (χ0) is 43.7. The number of aromatic carboxylic acids is 1. The van der Waals surface area contributed by atoms with Gasteiger partial charge in [-0.05, 0) is 95.6 Å². The number of hydrogen-bond acceptors (Lipinski definition) is 10. The van der Waals surface area contributed by atoms with Gasteiger partial charge >= 0.3 is 5.97 Å². The van der Waals surface area contributed by atoms with Gasteiger partial charge in [-0.3, -0.25) is 19.3 Å². The first-order valence-electron chi connectivity index (χ1n) is 21.1. The molecule has 320 valence electrons. The molecule has 0 unspecified atom stereocenters. The number of fused-ring (bicyclic) bond motifs is 3. The van der Waals surface area contributed by atoms with Crippen LogP contribution in [0.5, 0.6) is 17.2 Å². The number of aromatic hydroxyl groups is 3. The molecule has 0 atom stereocenters. The van der Waals surface area contributed by atoms with E-state index in [1.165, 1.54) is 42.0 Å². The molecule has 13 nitrogen and oxygen atoms in total. The lowest BCUT2D eigenvalue weighted by Crippen LogP contribution is -2.46. The van der Waals surface area contributed by atoms with Gasteiger partial charge in [-0.2, -0.15) is 0 Å². The Balaban J connectivity index is 0.787. The number of rotatable bonds is 13. The molecule has 4 aromatic rings. The second kappa shape index (κ2) is 17.7. The van der Waals surface area contributed by atoms with Crippen LogP contribution < -0.4 is 10.7 Å². The van der Waals surface area contributed by atoms with Gasteiger partial charge in [0.25, 0.3) is 11.8 Å². The summed E-state index contributed by atoms with van der Waals surface area (Å²) >= 11 is 0. The standard InChI is InChI=1S/C49H50N4O9/c1-29(2)39-24-41(43(57)25-42(39)56)48(59)53-27-32-7-6-30(20-33(32)28-53)26-52-18-16-51(17-19-52)15-5-3-4-14-50-47(58)31-8-11-36(40(21-31)49(60)61)46-37-12-9-34(54)22-44(37)62-45-23-35(55)10-13-38(45)46/h6-13,20-25,29,54,56-57H,3-5,14-19,26-28H2,1-2H3,(H,50,58)(H,60,61). The highest BCUT2D eigenvalue weighted by Gasteiger charge is 2.28. The van der Waals surface area contributed by atoms with Gasteiger partial charge in [0.05, 0.1) is 11.1 Å². The van der Waals surface area contributed by atoms with E-state index < -0.39 is 5.97 Å². The zero-order valence-corrected chi connectivity index (χ0v) is 34.8. The SMILES string of the molecule is CC(C)c1cc(C(=O)N2Cc3ccc(CN4CCN(CCCCCNC(=O)c5ccc(-c6c7ccc(=O)cc-7oc7cc(O)ccc67)c(C(=O)O)c5)CC4)cc3C2)c(O)cc1O. The van der Waals surface area contributed by atoms with Crippen LogP contribution >= 0.6 is 0 Å². The monoisotopic (exact) mass is 838 g/mol. The van der Waals surface area contributed by atoms with Gasteiger partial charge in [0, 0.05) is 92.6 Å². The van der Waals surface area contributed by atoms with Crippen molar-refractivity contribution in [3.63, 3.8) is 0 Å². The van der Waals surface area contributed by atoms with E-state index in [0.717, 1.165) is 69.7 Å². The molecular weight excluding hydrogens is 789 g/mol. The van der Waals surface area contributed by atoms with Gasteiger partial charge in [0.1, 0.15) is 28.6 Å². The first-order valence-corrected chi connectivity index (χ1v) is 21.1. The molecule has 1 aliphatic carbocycles. The van der Waals surface area contributed by atoms with Gasteiger partial charge in [0.2, 0.25) is 0 Å². The van der Waals surface area contributed by atoms with E-state index >= 15 is 0 Å². The summed E-state index contributed by atoms with van der Waals surface area (Å²) in [5, 5.41) is 44.5. The van der Waals surface area contributed by atoms with Crippen molar-refractivity contribution in [2.45, 2.75) is 58.7 Å². The molecule has 1 saturated heterocycles. The summed E-state index contributed by atoms with van der Waals surface area (Å²) in [4.78, 5) is 58.0. The van der Waals surface area contributed by atoms with Gasteiger partial charge in [-0.1, -0.05) is 44.5 Å². The average Bonchev–Trinajstić information content (AvgIpc) is 3.67. The molecule has 0 spiro atoms. The fourth-order valence-electron chi connectivity index (χ4n) is 8.69. The number of hydrogen-bond donors (Lipinski definition) is 5. The molecule has 3 aliphatic heterocycles. The summed E-state index contributed by atoms with van der Waals surface area (Å²) in [6.07, 6.45) is 2.71. The lowest BCUT2D eigenvalue weighted by molar-refractivity contribution is 0.0696. The number of carboxylic acid groups (broad SMARTS) is 1. The predicted octanol–water partition coefficient (Wildman–Crippen LogP) is 7.38. The van der Waals surface area contributed by atoms with E-state index in [4.69, 9.17) is 4.42 Å². The number of carbonyl (C=O) groups is 3. The van der Waals surface area contributed by atoms with Crippen molar-refractivity contribution in [1.82, 2.24) is 20.0 Å². The lowest BCUT2D eigenvalue weighted by Gasteiger charge is -2.34. The molecule has 1 fully saturated rings. The quantitative estimate of drug-likeness (QED) is 0.0578. The van der Waals surface area contributed by atoms with E-state index in [0.29, 0.717) is 47.3 Å². The van der Waals surface area contributed by atoms with Crippen molar-refractivity contribution in [2.75, 3.05) is 39.3 Å². The molecule has 8 rings (SSSR count). The third-order valence-electron chi connectivity index (χ3n) is 12.0. The maximum Gasteiger partial charge on any atom is 0.336 e. The Morgan fingerprint density at radius 3 is 2.27 bits per heavy atom. The molecule has 0 aromatic heterocycles. The highest BCUT2D eigenvalue weighted by molar-refractivity contribution is 6.09. The highest BCUT2D eigenvalue weighted by Crippen LogP contribution is 2.42. The fraction of sp³-hybridized carbons (Fsp3) is 0.306. The third kappa shape index (κ3) is 8.86. The molecule has 62 heavy (non-hydrogen) atoms. The summed E-state index contributed by atoms with van der Waals surface area (Å²) in [6.45, 7) is 10.9. The molecule has 0 radical (unpaired) electrons. The van der Waals surface area contributed by atoms with Crippen molar-refractivity contribution in [2.24, 2.45) is 0 Å². The minimum Gasteiger partial charge on any atom is -0.508 e. The molecule has 4 aliphatic rings. The van der Waals surface area contributed by atoms with Crippen LogP contribution in [0.3, 0.4) is 0 Å². The van der Waals surface area contributed by atoms with E-state index in [-0.39, 0.29) is 68.4 Å². The molecule has 3 heterocycles. The van der Waals surface area contributed by atoms with Crippen LogP contribution in [0.25, 0.3) is 33.4 Å². The maximum atomic E-state index is 13.4. The molecule has 13 heteroatoms. The van der Waals surface area contributed by atoms with E-state index in [2.05, 4.69) is 33.3 Å². The number of piperazine rings is 1. The second-order valence-electron chi connectivity index (χ2n) is 16.7. The maximum absolute atomic E-state index is 13.4. The summed E-state index contributed by atoms with van der Waals surface area (Å²) < 4.78 is 5.91. The number of phenolic OH excluding ortho intramolecular Hbond substituents is 3. The Morgan fingerprint density at radius 2 is 1.50 bits per heavy atom. The van der Waals surface area contributed by atoms with Crippen LogP contribution in [-0.2, 0) is 19.6 Å². The molecule has 0 saturated carbocycles.